The van der Waals surface area contributed by atoms with Crippen LogP contribution in [0.5, 0.6) is 0 Å². The molecule has 1 N–H and O–H groups in total. The summed E-state index contributed by atoms with van der Waals surface area (Å²) in [6, 6.07) is 5.55. The molecule has 140 valence electrons. The molecule has 3 aliphatic heterocycles. The summed E-state index contributed by atoms with van der Waals surface area (Å²) in [5.41, 5.74) is 4.34. The van der Waals surface area contributed by atoms with Crippen molar-refractivity contribution in [2.24, 2.45) is 4.99 Å². The number of hydrogen-bond donors (Lipinski definition) is 1. The molecule has 0 amide bonds. The van der Waals surface area contributed by atoms with Gasteiger partial charge >= 0.3 is 0 Å². The van der Waals surface area contributed by atoms with Crippen LogP contribution in [-0.4, -0.2) is 37.6 Å². The Labute approximate surface area is 158 Å². The molecule has 5 rings (SSSR count). The summed E-state index contributed by atoms with van der Waals surface area (Å²) >= 11 is 0. The van der Waals surface area contributed by atoms with Gasteiger partial charge in [-0.3, -0.25) is 4.99 Å². The number of nitrogens with one attached hydrogen (secondary N) is 1. The molecule has 1 aromatic rings. The maximum absolute atomic E-state index is 13.5. The SMILES string of the molecule is O=S1(=O)c2ccc(C3=CN=C4CC(F)=CC=C34)cc2CN1C1CCNCC1. The van der Waals surface area contributed by atoms with Gasteiger partial charge in [0.15, 0.2) is 0 Å². The number of sulfonamides is 1. The first kappa shape index (κ1) is 17.0. The van der Waals surface area contributed by atoms with E-state index in [1.165, 1.54) is 6.08 Å². The number of nitrogens with zero attached hydrogens (tertiary/aromatic N) is 2. The fraction of sp³-hybridized carbons (Fsp3) is 0.350. The molecule has 5 nitrogen and oxygen atoms in total. The highest BCUT2D eigenvalue weighted by molar-refractivity contribution is 7.89. The number of benzene rings is 1. The van der Waals surface area contributed by atoms with Crippen LogP contribution in [0.2, 0.25) is 0 Å². The number of allylic oxidation sites excluding steroid dienone is 5. The van der Waals surface area contributed by atoms with Crippen LogP contribution in [0.15, 0.2) is 57.8 Å². The third kappa shape index (κ3) is 2.72. The van der Waals surface area contributed by atoms with E-state index in [1.807, 2.05) is 12.1 Å². The lowest BCUT2D eigenvalue weighted by Gasteiger charge is -2.30. The number of fused-ring (bicyclic) bond motifs is 2. The maximum Gasteiger partial charge on any atom is 0.243 e. The van der Waals surface area contributed by atoms with E-state index in [2.05, 4.69) is 10.3 Å². The van der Waals surface area contributed by atoms with E-state index < -0.39 is 10.0 Å². The van der Waals surface area contributed by atoms with Crippen molar-refractivity contribution in [3.8, 4) is 0 Å². The molecule has 0 bridgehead atoms. The molecule has 27 heavy (non-hydrogen) atoms. The summed E-state index contributed by atoms with van der Waals surface area (Å²) in [5, 5.41) is 3.28. The molecule has 1 aromatic carbocycles. The first-order valence-corrected chi connectivity index (χ1v) is 10.7. The van der Waals surface area contributed by atoms with Crippen LogP contribution in [0.4, 0.5) is 4.39 Å². The molecule has 0 atom stereocenters. The Morgan fingerprint density at radius 1 is 1.15 bits per heavy atom. The van der Waals surface area contributed by atoms with Crippen molar-refractivity contribution in [2.75, 3.05) is 13.1 Å². The van der Waals surface area contributed by atoms with Gasteiger partial charge in [0.2, 0.25) is 10.0 Å². The van der Waals surface area contributed by atoms with E-state index in [0.717, 1.165) is 53.9 Å². The van der Waals surface area contributed by atoms with Crippen LogP contribution in [0.1, 0.15) is 30.4 Å². The maximum atomic E-state index is 13.5. The molecule has 3 heterocycles. The second kappa shape index (κ2) is 6.22. The highest BCUT2D eigenvalue weighted by Gasteiger charge is 2.39. The third-order valence-corrected chi connectivity index (χ3v) is 7.72. The number of hydrogen-bond acceptors (Lipinski definition) is 4. The Balaban J connectivity index is 1.48. The summed E-state index contributed by atoms with van der Waals surface area (Å²) in [7, 11) is -3.43. The molecule has 0 unspecified atom stereocenters. The van der Waals surface area contributed by atoms with Gasteiger partial charge in [0.1, 0.15) is 5.83 Å². The molecule has 0 spiro atoms. The fourth-order valence-electron chi connectivity index (χ4n) is 4.31. The summed E-state index contributed by atoms with van der Waals surface area (Å²) in [6.07, 6.45) is 6.88. The lowest BCUT2D eigenvalue weighted by Crippen LogP contribution is -2.43. The fourth-order valence-corrected chi connectivity index (χ4v) is 6.17. The van der Waals surface area contributed by atoms with Crippen molar-refractivity contribution < 1.29 is 12.8 Å². The molecule has 0 radical (unpaired) electrons. The smallest absolute Gasteiger partial charge is 0.243 e. The summed E-state index contributed by atoms with van der Waals surface area (Å²) in [6.45, 7) is 2.12. The first-order valence-electron chi connectivity index (χ1n) is 9.24. The zero-order valence-corrected chi connectivity index (χ0v) is 15.6. The zero-order chi connectivity index (χ0) is 18.6. The minimum Gasteiger partial charge on any atom is -0.317 e. The second-order valence-electron chi connectivity index (χ2n) is 7.34. The minimum absolute atomic E-state index is 0.0573. The van der Waals surface area contributed by atoms with E-state index in [1.54, 1.807) is 22.6 Å². The lowest BCUT2D eigenvalue weighted by molar-refractivity contribution is 0.265. The van der Waals surface area contributed by atoms with Gasteiger partial charge in [0.05, 0.1) is 10.6 Å². The van der Waals surface area contributed by atoms with Gasteiger partial charge in [-0.25, -0.2) is 12.8 Å². The van der Waals surface area contributed by atoms with Crippen molar-refractivity contribution in [1.82, 2.24) is 9.62 Å². The van der Waals surface area contributed by atoms with Gasteiger partial charge in [-0.15, -0.1) is 0 Å². The normalized spacial score (nSPS) is 24.6. The van der Waals surface area contributed by atoms with Gasteiger partial charge in [0.25, 0.3) is 0 Å². The molecular formula is C20H20FN3O2S. The van der Waals surface area contributed by atoms with Gasteiger partial charge in [-0.2, -0.15) is 4.31 Å². The van der Waals surface area contributed by atoms with E-state index in [4.69, 9.17) is 0 Å². The van der Waals surface area contributed by atoms with Crippen molar-refractivity contribution in [2.45, 2.75) is 36.7 Å². The molecular weight excluding hydrogens is 365 g/mol. The van der Waals surface area contributed by atoms with Crippen LogP contribution >= 0.6 is 0 Å². The van der Waals surface area contributed by atoms with Crippen molar-refractivity contribution >= 4 is 21.3 Å². The average molecular weight is 385 g/mol. The van der Waals surface area contributed by atoms with E-state index >= 15 is 0 Å². The van der Waals surface area contributed by atoms with E-state index in [9.17, 15) is 12.8 Å². The topological polar surface area (TPSA) is 61.8 Å². The Hall–Kier alpha value is -2.09. The zero-order valence-electron chi connectivity index (χ0n) is 14.8. The molecule has 4 aliphatic rings. The highest BCUT2D eigenvalue weighted by Crippen LogP contribution is 2.39. The Morgan fingerprint density at radius 3 is 2.78 bits per heavy atom. The van der Waals surface area contributed by atoms with Gasteiger partial charge in [-0.05, 0) is 61.3 Å². The first-order chi connectivity index (χ1) is 13.0. The quantitative estimate of drug-likeness (QED) is 0.852. The predicted octanol–water partition coefficient (Wildman–Crippen LogP) is 2.92. The monoisotopic (exact) mass is 385 g/mol. The van der Waals surface area contributed by atoms with Crippen LogP contribution in [0, 0.1) is 0 Å². The highest BCUT2D eigenvalue weighted by atomic mass is 32.2. The Morgan fingerprint density at radius 2 is 1.96 bits per heavy atom. The molecule has 0 aromatic heterocycles. The van der Waals surface area contributed by atoms with Crippen LogP contribution in [0.25, 0.3) is 5.57 Å². The van der Waals surface area contributed by atoms with Gasteiger partial charge < -0.3 is 5.32 Å². The second-order valence-corrected chi connectivity index (χ2v) is 9.20. The number of piperidine rings is 1. The van der Waals surface area contributed by atoms with Crippen LogP contribution in [-0.2, 0) is 16.6 Å². The molecule has 1 fully saturated rings. The minimum atomic E-state index is -3.43. The van der Waals surface area contributed by atoms with Crippen molar-refractivity contribution in [3.05, 3.63) is 59.1 Å². The number of halogens is 1. The lowest BCUT2D eigenvalue weighted by atomic mass is 9.92. The molecule has 1 aliphatic carbocycles. The molecule has 7 heteroatoms. The van der Waals surface area contributed by atoms with E-state index in [-0.39, 0.29) is 18.3 Å². The summed E-state index contributed by atoms with van der Waals surface area (Å²) < 4.78 is 41.1. The summed E-state index contributed by atoms with van der Waals surface area (Å²) in [4.78, 5) is 4.76. The number of aliphatic imine (C=N–C) groups is 1. The Kier molecular flexibility index (Phi) is 3.93. The standard InChI is InChI=1S/C20H20FN3O2S/c21-15-2-3-17-18(11-23-19(17)10-15)13-1-4-20-14(9-13)12-24(27(20,25)26)16-5-7-22-8-6-16/h1-4,9,11,16,22H,5-8,10,12H2. The van der Waals surface area contributed by atoms with E-state index in [0.29, 0.717) is 11.4 Å². The third-order valence-electron chi connectivity index (χ3n) is 5.72. The number of rotatable bonds is 2. The van der Waals surface area contributed by atoms with Gasteiger partial charge in [0, 0.05) is 36.4 Å². The van der Waals surface area contributed by atoms with Crippen molar-refractivity contribution in [1.29, 1.82) is 0 Å². The van der Waals surface area contributed by atoms with Crippen LogP contribution < -0.4 is 5.32 Å². The molecule has 1 saturated heterocycles. The molecule has 0 saturated carbocycles. The average Bonchev–Trinajstić information content (AvgIpc) is 3.20. The Bertz CT molecular complexity index is 1050. The van der Waals surface area contributed by atoms with Gasteiger partial charge in [-0.1, -0.05) is 6.07 Å². The largest absolute Gasteiger partial charge is 0.317 e. The van der Waals surface area contributed by atoms with Crippen molar-refractivity contribution in [3.63, 3.8) is 0 Å². The predicted molar refractivity (Wildman–Crippen MR) is 102 cm³/mol. The summed E-state index contributed by atoms with van der Waals surface area (Å²) in [5.74, 6) is -0.190. The van der Waals surface area contributed by atoms with Crippen LogP contribution in [0.3, 0.4) is 0 Å².